The number of thioether (sulfide) groups is 1. The Morgan fingerprint density at radius 3 is 2.23 bits per heavy atom. The van der Waals surface area contributed by atoms with Crippen LogP contribution in [0.15, 0.2) is 29.2 Å². The van der Waals surface area contributed by atoms with Gasteiger partial charge in [0.1, 0.15) is 0 Å². The highest BCUT2D eigenvalue weighted by Crippen LogP contribution is 2.26. The van der Waals surface area contributed by atoms with Crippen LogP contribution in [0, 0.1) is 10.1 Å². The van der Waals surface area contributed by atoms with E-state index in [2.05, 4.69) is 0 Å². The second-order valence-corrected chi connectivity index (χ2v) is 3.19. The van der Waals surface area contributed by atoms with Gasteiger partial charge >= 0.3 is 0 Å². The molecule has 0 radical (unpaired) electrons. The molecule has 1 aromatic rings. The van der Waals surface area contributed by atoms with Gasteiger partial charge in [-0.3, -0.25) is 10.1 Å². The van der Waals surface area contributed by atoms with E-state index in [1.165, 1.54) is 24.3 Å². The summed E-state index contributed by atoms with van der Waals surface area (Å²) in [5.74, 6) is -2.50. The van der Waals surface area contributed by atoms with Gasteiger partial charge in [0, 0.05) is 17.0 Å². The lowest BCUT2D eigenvalue weighted by atomic mass is 10.3. The van der Waals surface area contributed by atoms with Gasteiger partial charge in [0.05, 0.1) is 4.92 Å². The summed E-state index contributed by atoms with van der Waals surface area (Å²) in [6.45, 7) is 0. The largest absolute Gasteiger partial charge is 0.288 e. The molecular formula is C7H5F2NO2S. The molecule has 1 aromatic carbocycles. The molecule has 0 aliphatic heterocycles. The molecular weight excluding hydrogens is 199 g/mol. The predicted molar refractivity (Wildman–Crippen MR) is 45.0 cm³/mol. The summed E-state index contributed by atoms with van der Waals surface area (Å²) in [6.07, 6.45) is 0. The van der Waals surface area contributed by atoms with Crippen LogP contribution < -0.4 is 0 Å². The molecule has 13 heavy (non-hydrogen) atoms. The number of nitrogens with zero attached hydrogens (tertiary/aromatic N) is 1. The molecule has 3 nitrogen and oxygen atoms in total. The lowest BCUT2D eigenvalue weighted by Gasteiger charge is -1.98. The van der Waals surface area contributed by atoms with Crippen molar-refractivity contribution in [3.8, 4) is 0 Å². The molecule has 0 saturated heterocycles. The topological polar surface area (TPSA) is 43.1 Å². The van der Waals surface area contributed by atoms with Crippen LogP contribution in [0.4, 0.5) is 14.5 Å². The Bertz CT molecular complexity index is 302. The summed E-state index contributed by atoms with van der Waals surface area (Å²) in [5.41, 5.74) is -0.0985. The van der Waals surface area contributed by atoms with Crippen LogP contribution in [0.25, 0.3) is 0 Å². The van der Waals surface area contributed by atoms with Gasteiger partial charge in [0.15, 0.2) is 0 Å². The molecule has 1 rings (SSSR count). The molecule has 6 heteroatoms. The van der Waals surface area contributed by atoms with Crippen LogP contribution in [0.2, 0.25) is 0 Å². The third-order valence-electron chi connectivity index (χ3n) is 1.27. The highest BCUT2D eigenvalue weighted by Gasteiger charge is 2.07. The Hall–Kier alpha value is -1.17. The van der Waals surface area contributed by atoms with E-state index in [9.17, 15) is 18.9 Å². The zero-order valence-corrected chi connectivity index (χ0v) is 7.13. The molecule has 0 spiro atoms. The Morgan fingerprint density at radius 1 is 1.31 bits per heavy atom. The number of benzene rings is 1. The second kappa shape index (κ2) is 4.18. The first-order valence-corrected chi connectivity index (χ1v) is 4.17. The number of alkyl halides is 2. The standard InChI is InChI=1S/C7H5F2NO2S/c8-7(9)13-6-3-1-5(2-4-6)10(11)12/h1-4,7H/i8-1. The number of rotatable bonds is 3. The van der Waals surface area contributed by atoms with Crippen molar-refractivity contribution in [2.45, 2.75) is 10.7 Å². The summed E-state index contributed by atoms with van der Waals surface area (Å²) in [4.78, 5) is 9.93. The summed E-state index contributed by atoms with van der Waals surface area (Å²) in [6, 6.07) is 5.00. The second-order valence-electron chi connectivity index (χ2n) is 2.13. The zero-order chi connectivity index (χ0) is 9.84. The minimum Gasteiger partial charge on any atom is -0.258 e. The number of nitro benzene ring substituents is 1. The Kier molecular flexibility index (Phi) is 3.18. The highest BCUT2D eigenvalue weighted by molar-refractivity contribution is 7.99. The molecule has 0 amide bonds. The van der Waals surface area contributed by atoms with Crippen LogP contribution in [0.3, 0.4) is 0 Å². The van der Waals surface area contributed by atoms with Crippen molar-refractivity contribution in [1.29, 1.82) is 0 Å². The van der Waals surface area contributed by atoms with E-state index in [1.54, 1.807) is 0 Å². The molecule has 0 heterocycles. The van der Waals surface area contributed by atoms with E-state index < -0.39 is 10.7 Å². The molecule has 70 valence electrons. The van der Waals surface area contributed by atoms with E-state index in [0.717, 1.165) is 0 Å². The first-order valence-electron chi connectivity index (χ1n) is 3.29. The summed E-state index contributed by atoms with van der Waals surface area (Å²) in [5, 5.41) is 10.2. The molecule has 0 N–H and O–H groups in total. The van der Waals surface area contributed by atoms with Crippen molar-refractivity contribution in [2.24, 2.45) is 0 Å². The van der Waals surface area contributed by atoms with Gasteiger partial charge in [-0.2, -0.15) is 8.78 Å². The molecule has 0 aliphatic rings. The van der Waals surface area contributed by atoms with Gasteiger partial charge in [-0.15, -0.1) is 0 Å². The van der Waals surface area contributed by atoms with Crippen LogP contribution in [-0.2, 0) is 0 Å². The average molecular weight is 204 g/mol. The number of halogens is 2. The van der Waals surface area contributed by atoms with Crippen molar-refractivity contribution in [3.05, 3.63) is 34.4 Å². The van der Waals surface area contributed by atoms with Gasteiger partial charge in [0.25, 0.3) is 11.4 Å². The fraction of sp³-hybridized carbons (Fsp3) is 0.143. The van der Waals surface area contributed by atoms with Crippen molar-refractivity contribution >= 4 is 17.4 Å². The first kappa shape index (κ1) is 9.91. The van der Waals surface area contributed by atoms with Gasteiger partial charge in [0.2, 0.25) is 0 Å². The maximum absolute atomic E-state index is 11.8. The smallest absolute Gasteiger partial charge is 0.258 e. The fourth-order valence-corrected chi connectivity index (χ4v) is 1.25. The van der Waals surface area contributed by atoms with Crippen LogP contribution in [0.5, 0.6) is 0 Å². The van der Waals surface area contributed by atoms with E-state index >= 15 is 0 Å². The Morgan fingerprint density at radius 2 is 1.85 bits per heavy atom. The van der Waals surface area contributed by atoms with Crippen LogP contribution in [0.1, 0.15) is 0 Å². The van der Waals surface area contributed by atoms with Crippen molar-refractivity contribution < 1.29 is 13.7 Å². The monoisotopic (exact) mass is 204 g/mol. The molecule has 0 saturated carbocycles. The maximum Gasteiger partial charge on any atom is 0.288 e. The van der Waals surface area contributed by atoms with Crippen LogP contribution in [-0.4, -0.2) is 10.7 Å². The predicted octanol–water partition coefficient (Wildman–Crippen LogP) is 2.91. The van der Waals surface area contributed by atoms with Gasteiger partial charge in [-0.05, 0) is 12.1 Å². The number of hydrogen-bond acceptors (Lipinski definition) is 3. The van der Waals surface area contributed by atoms with Crippen LogP contribution >= 0.6 is 11.8 Å². The summed E-state index contributed by atoms with van der Waals surface area (Å²) >= 11 is 0.363. The molecule has 1 unspecified atom stereocenters. The normalized spacial score (nSPS) is 12.5. The van der Waals surface area contributed by atoms with Crippen molar-refractivity contribution in [2.75, 3.05) is 0 Å². The lowest BCUT2D eigenvalue weighted by Crippen LogP contribution is -1.87. The fourth-order valence-electron chi connectivity index (χ4n) is 0.749. The minimum atomic E-state index is -2.50. The third kappa shape index (κ3) is 2.98. The average Bonchev–Trinajstić information content (AvgIpc) is 2.04. The number of nitro groups is 1. The molecule has 0 aliphatic carbocycles. The SMILES string of the molecule is O=[N+]([O-])c1ccc(SC(F)[18F])cc1. The summed E-state index contributed by atoms with van der Waals surface area (Å²) in [7, 11) is 0. The molecule has 0 fully saturated rings. The number of non-ortho nitro benzene ring substituents is 1. The highest BCUT2D eigenvalue weighted by atomic mass is 32.2. The van der Waals surface area contributed by atoms with E-state index in [1.807, 2.05) is 0 Å². The minimum absolute atomic E-state index is 0.0985. The Labute approximate surface area is 76.9 Å². The van der Waals surface area contributed by atoms with E-state index in [-0.39, 0.29) is 5.69 Å². The quantitative estimate of drug-likeness (QED) is 0.432. The zero-order valence-electron chi connectivity index (χ0n) is 6.31. The number of hydrogen-bond donors (Lipinski definition) is 0. The molecule has 0 bridgehead atoms. The molecule has 0 aromatic heterocycles. The van der Waals surface area contributed by atoms with Gasteiger partial charge < -0.3 is 0 Å². The van der Waals surface area contributed by atoms with Crippen molar-refractivity contribution in [3.63, 3.8) is 0 Å². The van der Waals surface area contributed by atoms with Gasteiger partial charge in [-0.1, -0.05) is 11.8 Å². The Balaban J connectivity index is 2.75. The first-order chi connectivity index (χ1) is 6.09. The summed E-state index contributed by atoms with van der Waals surface area (Å²) < 4.78 is 23.6. The van der Waals surface area contributed by atoms with E-state index in [0.29, 0.717) is 16.7 Å². The molecule has 1 atom stereocenters. The van der Waals surface area contributed by atoms with Crippen molar-refractivity contribution in [1.82, 2.24) is 0 Å². The van der Waals surface area contributed by atoms with E-state index in [4.69, 9.17) is 0 Å². The third-order valence-corrected chi connectivity index (χ3v) is 2.00. The van der Waals surface area contributed by atoms with Gasteiger partial charge in [-0.25, -0.2) is 0 Å². The maximum atomic E-state index is 11.8. The lowest BCUT2D eigenvalue weighted by molar-refractivity contribution is -0.384.